The molecule has 0 spiro atoms. The van der Waals surface area contributed by atoms with E-state index >= 15 is 0 Å². The standard InChI is InChI=1S/C16H15F3N4O4/c1-9(24)20-6-7-21-14(25)10-2-4-11(5-3-10)23-13(16(17,18)19)12(8-22-23)15(26)27/h2-5,8H,6-7H2,1H3,(H,20,24)(H,21,25)(H,26,27). The lowest BCUT2D eigenvalue weighted by Gasteiger charge is -2.12. The minimum absolute atomic E-state index is 0.0513. The molecule has 1 aromatic heterocycles. The van der Waals surface area contributed by atoms with Crippen molar-refractivity contribution in [1.82, 2.24) is 20.4 Å². The van der Waals surface area contributed by atoms with Crippen molar-refractivity contribution in [3.8, 4) is 5.69 Å². The highest BCUT2D eigenvalue weighted by Gasteiger charge is 2.40. The van der Waals surface area contributed by atoms with Crippen molar-refractivity contribution < 1.29 is 32.7 Å². The molecule has 1 heterocycles. The number of halogens is 3. The molecule has 11 heteroatoms. The minimum Gasteiger partial charge on any atom is -0.478 e. The smallest absolute Gasteiger partial charge is 0.434 e. The van der Waals surface area contributed by atoms with E-state index < -0.39 is 29.3 Å². The number of hydrogen-bond donors (Lipinski definition) is 3. The highest BCUT2D eigenvalue weighted by Crippen LogP contribution is 2.33. The van der Waals surface area contributed by atoms with Crippen LogP contribution in [-0.2, 0) is 11.0 Å². The number of alkyl halides is 3. The van der Waals surface area contributed by atoms with Crippen LogP contribution in [0.25, 0.3) is 5.69 Å². The van der Waals surface area contributed by atoms with Gasteiger partial charge in [0.25, 0.3) is 5.91 Å². The Labute approximate surface area is 151 Å². The van der Waals surface area contributed by atoms with Crippen molar-refractivity contribution in [2.45, 2.75) is 13.1 Å². The normalized spacial score (nSPS) is 11.1. The summed E-state index contributed by atoms with van der Waals surface area (Å²) in [6.07, 6.45) is -4.31. The molecule has 0 radical (unpaired) electrons. The predicted molar refractivity (Wildman–Crippen MR) is 86.5 cm³/mol. The zero-order valence-electron chi connectivity index (χ0n) is 14.0. The van der Waals surface area contributed by atoms with E-state index in [0.717, 1.165) is 0 Å². The van der Waals surface area contributed by atoms with E-state index in [2.05, 4.69) is 15.7 Å². The summed E-state index contributed by atoms with van der Waals surface area (Å²) in [7, 11) is 0. The van der Waals surface area contributed by atoms with Gasteiger partial charge in [0.1, 0.15) is 5.56 Å². The van der Waals surface area contributed by atoms with Crippen molar-refractivity contribution in [2.75, 3.05) is 13.1 Å². The third-order valence-corrected chi connectivity index (χ3v) is 3.43. The summed E-state index contributed by atoms with van der Waals surface area (Å²) in [5, 5.41) is 17.4. The van der Waals surface area contributed by atoms with E-state index in [9.17, 15) is 27.6 Å². The van der Waals surface area contributed by atoms with Crippen molar-refractivity contribution in [3.63, 3.8) is 0 Å². The second-order valence-electron chi connectivity index (χ2n) is 5.41. The zero-order valence-corrected chi connectivity index (χ0v) is 14.0. The number of carboxylic acid groups (broad SMARTS) is 1. The number of aromatic nitrogens is 2. The first-order chi connectivity index (χ1) is 12.6. The molecule has 0 bridgehead atoms. The van der Waals surface area contributed by atoms with Gasteiger partial charge in [-0.25, -0.2) is 9.48 Å². The second kappa shape index (κ2) is 7.89. The average molecular weight is 384 g/mol. The van der Waals surface area contributed by atoms with Gasteiger partial charge in [-0.3, -0.25) is 9.59 Å². The molecule has 2 rings (SSSR count). The van der Waals surface area contributed by atoms with Crippen LogP contribution >= 0.6 is 0 Å². The molecule has 0 unspecified atom stereocenters. The number of aromatic carboxylic acids is 1. The Morgan fingerprint density at radius 1 is 1.11 bits per heavy atom. The molecule has 27 heavy (non-hydrogen) atoms. The van der Waals surface area contributed by atoms with Crippen molar-refractivity contribution in [3.05, 3.63) is 47.3 Å². The van der Waals surface area contributed by atoms with Crippen LogP contribution in [0, 0.1) is 0 Å². The fourth-order valence-corrected chi connectivity index (χ4v) is 2.24. The van der Waals surface area contributed by atoms with Crippen LogP contribution in [0.5, 0.6) is 0 Å². The molecule has 2 amide bonds. The third-order valence-electron chi connectivity index (χ3n) is 3.43. The van der Waals surface area contributed by atoms with Crippen LogP contribution in [0.3, 0.4) is 0 Å². The molecular weight excluding hydrogens is 369 g/mol. The van der Waals surface area contributed by atoms with Crippen molar-refractivity contribution in [2.24, 2.45) is 0 Å². The Kier molecular flexibility index (Phi) is 5.83. The molecule has 8 nitrogen and oxygen atoms in total. The van der Waals surface area contributed by atoms with Crippen LogP contribution in [-0.4, -0.2) is 45.8 Å². The average Bonchev–Trinajstić information content (AvgIpc) is 3.04. The van der Waals surface area contributed by atoms with E-state index in [1.165, 1.54) is 31.2 Å². The van der Waals surface area contributed by atoms with Gasteiger partial charge in [0, 0.05) is 25.6 Å². The van der Waals surface area contributed by atoms with E-state index in [4.69, 9.17) is 5.11 Å². The van der Waals surface area contributed by atoms with E-state index in [0.29, 0.717) is 10.9 Å². The molecule has 0 saturated carbocycles. The Hall–Kier alpha value is -3.37. The lowest BCUT2D eigenvalue weighted by Crippen LogP contribution is -2.33. The predicted octanol–water partition coefficient (Wildman–Crippen LogP) is 1.46. The summed E-state index contributed by atoms with van der Waals surface area (Å²) in [5.41, 5.74) is -2.25. The Bertz CT molecular complexity index is 860. The van der Waals surface area contributed by atoms with Gasteiger partial charge in [0.05, 0.1) is 11.9 Å². The van der Waals surface area contributed by atoms with Gasteiger partial charge in [-0.15, -0.1) is 0 Å². The summed E-state index contributed by atoms with van der Waals surface area (Å²) >= 11 is 0. The molecule has 3 N–H and O–H groups in total. The summed E-state index contributed by atoms with van der Waals surface area (Å²) in [6.45, 7) is 1.75. The quantitative estimate of drug-likeness (QED) is 0.653. The molecule has 2 aromatic rings. The highest BCUT2D eigenvalue weighted by molar-refractivity contribution is 5.94. The number of nitrogens with zero attached hydrogens (tertiary/aromatic N) is 2. The van der Waals surface area contributed by atoms with Crippen LogP contribution in [0.1, 0.15) is 33.3 Å². The molecule has 0 saturated heterocycles. The first kappa shape index (κ1) is 19.9. The Morgan fingerprint density at radius 3 is 2.22 bits per heavy atom. The van der Waals surface area contributed by atoms with Gasteiger partial charge in [0.15, 0.2) is 5.69 Å². The maximum atomic E-state index is 13.2. The molecular formula is C16H15F3N4O4. The molecule has 0 aliphatic rings. The molecule has 0 atom stereocenters. The van der Waals surface area contributed by atoms with Crippen LogP contribution in [0.4, 0.5) is 13.2 Å². The lowest BCUT2D eigenvalue weighted by molar-refractivity contribution is -0.143. The van der Waals surface area contributed by atoms with Crippen molar-refractivity contribution >= 4 is 17.8 Å². The number of nitrogens with one attached hydrogen (secondary N) is 2. The number of carboxylic acids is 1. The zero-order chi connectivity index (χ0) is 20.2. The number of carbonyl (C=O) groups excluding carboxylic acids is 2. The first-order valence-electron chi connectivity index (χ1n) is 7.63. The number of benzene rings is 1. The number of carbonyl (C=O) groups is 3. The number of rotatable bonds is 6. The number of amides is 2. The topological polar surface area (TPSA) is 113 Å². The Morgan fingerprint density at radius 2 is 1.70 bits per heavy atom. The van der Waals surface area contributed by atoms with Crippen molar-refractivity contribution in [1.29, 1.82) is 0 Å². The van der Waals surface area contributed by atoms with Gasteiger partial charge in [-0.2, -0.15) is 18.3 Å². The highest BCUT2D eigenvalue weighted by atomic mass is 19.4. The van der Waals surface area contributed by atoms with Gasteiger partial charge in [-0.1, -0.05) is 0 Å². The maximum absolute atomic E-state index is 13.2. The van der Waals surface area contributed by atoms with Gasteiger partial charge in [-0.05, 0) is 24.3 Å². The summed E-state index contributed by atoms with van der Waals surface area (Å²) in [4.78, 5) is 33.7. The largest absolute Gasteiger partial charge is 0.478 e. The van der Waals surface area contributed by atoms with E-state index in [-0.39, 0.29) is 30.2 Å². The fraction of sp³-hybridized carbons (Fsp3) is 0.250. The second-order valence-corrected chi connectivity index (χ2v) is 5.41. The monoisotopic (exact) mass is 384 g/mol. The third kappa shape index (κ3) is 4.84. The maximum Gasteiger partial charge on any atom is 0.434 e. The molecule has 0 aliphatic heterocycles. The Balaban J connectivity index is 2.19. The summed E-state index contributed by atoms with van der Waals surface area (Å²) in [5.74, 6) is -2.47. The molecule has 144 valence electrons. The van der Waals surface area contributed by atoms with Crippen LogP contribution < -0.4 is 10.6 Å². The molecule has 1 aromatic carbocycles. The fourth-order valence-electron chi connectivity index (χ4n) is 2.24. The van der Waals surface area contributed by atoms with Crippen LogP contribution in [0.15, 0.2) is 30.5 Å². The summed E-state index contributed by atoms with van der Waals surface area (Å²) in [6, 6.07) is 5.00. The minimum atomic E-state index is -4.93. The lowest BCUT2D eigenvalue weighted by atomic mass is 10.2. The van der Waals surface area contributed by atoms with E-state index in [1.54, 1.807) is 0 Å². The van der Waals surface area contributed by atoms with Gasteiger partial charge < -0.3 is 15.7 Å². The van der Waals surface area contributed by atoms with Gasteiger partial charge >= 0.3 is 12.1 Å². The van der Waals surface area contributed by atoms with Gasteiger partial charge in [0.2, 0.25) is 5.91 Å². The molecule has 0 aliphatic carbocycles. The SMILES string of the molecule is CC(=O)NCCNC(=O)c1ccc(-n2ncc(C(=O)O)c2C(F)(F)F)cc1. The first-order valence-corrected chi connectivity index (χ1v) is 7.63. The number of hydrogen-bond acceptors (Lipinski definition) is 4. The summed E-state index contributed by atoms with van der Waals surface area (Å²) < 4.78 is 40.1. The van der Waals surface area contributed by atoms with Crippen LogP contribution in [0.2, 0.25) is 0 Å². The van der Waals surface area contributed by atoms with E-state index in [1.807, 2.05) is 0 Å². The molecule has 0 fully saturated rings.